The van der Waals surface area contributed by atoms with E-state index in [0.717, 1.165) is 5.56 Å². The van der Waals surface area contributed by atoms with Gasteiger partial charge in [-0.2, -0.15) is 0 Å². The highest BCUT2D eigenvalue weighted by molar-refractivity contribution is 6.37. The molecule has 76 valence electrons. The van der Waals surface area contributed by atoms with Crippen molar-refractivity contribution in [2.24, 2.45) is 0 Å². The van der Waals surface area contributed by atoms with Crippen LogP contribution in [0.1, 0.15) is 19.4 Å². The van der Waals surface area contributed by atoms with E-state index < -0.39 is 5.97 Å². The molecule has 0 N–H and O–H groups in total. The van der Waals surface area contributed by atoms with E-state index in [9.17, 15) is 4.79 Å². The van der Waals surface area contributed by atoms with Gasteiger partial charge in [-0.1, -0.05) is 30.1 Å². The zero-order chi connectivity index (χ0) is 10.7. The molecule has 0 radical (unpaired) electrons. The van der Waals surface area contributed by atoms with Gasteiger partial charge in [0.05, 0.1) is 5.02 Å². The van der Waals surface area contributed by atoms with Gasteiger partial charge in [0.25, 0.3) is 0 Å². The first-order valence-corrected chi connectivity index (χ1v) is 4.97. The molecule has 4 heteroatoms. The standard InChI is InChI=1S/C10H10Cl2O2/c1-3-7-8(11)4-5-9(10(7)12)14-6(2)13/h4-5H,3H2,1-2H3. The van der Waals surface area contributed by atoms with E-state index in [4.69, 9.17) is 27.9 Å². The van der Waals surface area contributed by atoms with Gasteiger partial charge in [0.1, 0.15) is 5.75 Å². The number of carbonyl (C=O) groups excluding carboxylic acids is 1. The zero-order valence-electron chi connectivity index (χ0n) is 7.93. The van der Waals surface area contributed by atoms with E-state index in [2.05, 4.69) is 0 Å². The summed E-state index contributed by atoms with van der Waals surface area (Å²) in [5, 5.41) is 1.00. The number of benzene rings is 1. The number of hydrogen-bond donors (Lipinski definition) is 0. The van der Waals surface area contributed by atoms with Crippen LogP contribution in [0.5, 0.6) is 5.75 Å². The van der Waals surface area contributed by atoms with Crippen molar-refractivity contribution in [3.8, 4) is 5.75 Å². The molecule has 0 aliphatic heterocycles. The van der Waals surface area contributed by atoms with Crippen molar-refractivity contribution in [2.45, 2.75) is 20.3 Å². The second-order valence-corrected chi connectivity index (χ2v) is 3.57. The monoisotopic (exact) mass is 232 g/mol. The molecule has 0 aliphatic rings. The highest BCUT2D eigenvalue weighted by Crippen LogP contribution is 2.33. The summed E-state index contributed by atoms with van der Waals surface area (Å²) in [6, 6.07) is 3.26. The van der Waals surface area contributed by atoms with Crippen molar-refractivity contribution >= 4 is 29.2 Å². The zero-order valence-corrected chi connectivity index (χ0v) is 9.45. The van der Waals surface area contributed by atoms with Crippen LogP contribution in [0.15, 0.2) is 12.1 Å². The van der Waals surface area contributed by atoms with Gasteiger partial charge in [-0.15, -0.1) is 0 Å². The van der Waals surface area contributed by atoms with Gasteiger partial charge >= 0.3 is 5.97 Å². The van der Waals surface area contributed by atoms with E-state index in [-0.39, 0.29) is 0 Å². The summed E-state index contributed by atoms with van der Waals surface area (Å²) in [4.78, 5) is 10.7. The summed E-state index contributed by atoms with van der Waals surface area (Å²) < 4.78 is 4.91. The number of halogens is 2. The summed E-state index contributed by atoms with van der Waals surface area (Å²) in [6.45, 7) is 3.27. The molecule has 1 rings (SSSR count). The lowest BCUT2D eigenvalue weighted by Crippen LogP contribution is -2.02. The molecule has 1 aromatic rings. The highest BCUT2D eigenvalue weighted by Gasteiger charge is 2.11. The molecule has 0 saturated heterocycles. The molecule has 0 bridgehead atoms. The third-order valence-corrected chi connectivity index (χ3v) is 2.53. The van der Waals surface area contributed by atoms with Gasteiger partial charge in [0.2, 0.25) is 0 Å². The topological polar surface area (TPSA) is 26.3 Å². The lowest BCUT2D eigenvalue weighted by atomic mass is 10.1. The Kier molecular flexibility index (Phi) is 3.78. The number of carbonyl (C=O) groups is 1. The fraction of sp³-hybridized carbons (Fsp3) is 0.300. The molecule has 0 aromatic heterocycles. The second-order valence-electron chi connectivity index (χ2n) is 2.79. The predicted molar refractivity (Wildman–Crippen MR) is 57.1 cm³/mol. The second kappa shape index (κ2) is 4.67. The highest BCUT2D eigenvalue weighted by atomic mass is 35.5. The van der Waals surface area contributed by atoms with Crippen LogP contribution in [-0.2, 0) is 11.2 Å². The summed E-state index contributed by atoms with van der Waals surface area (Å²) in [5.41, 5.74) is 0.798. The third-order valence-electron chi connectivity index (χ3n) is 1.76. The average molecular weight is 233 g/mol. The Bertz CT molecular complexity index is 361. The van der Waals surface area contributed by atoms with Gasteiger partial charge < -0.3 is 4.74 Å². The molecule has 0 spiro atoms. The van der Waals surface area contributed by atoms with Crippen molar-refractivity contribution in [1.29, 1.82) is 0 Å². The quantitative estimate of drug-likeness (QED) is 0.577. The van der Waals surface area contributed by atoms with E-state index in [1.54, 1.807) is 12.1 Å². The average Bonchev–Trinajstić information content (AvgIpc) is 2.10. The van der Waals surface area contributed by atoms with Crippen LogP contribution in [0.3, 0.4) is 0 Å². The third kappa shape index (κ3) is 2.40. The molecule has 0 saturated carbocycles. The summed E-state index contributed by atoms with van der Waals surface area (Å²) >= 11 is 11.9. The van der Waals surface area contributed by atoms with Gasteiger partial charge in [-0.05, 0) is 24.1 Å². The van der Waals surface area contributed by atoms with E-state index in [0.29, 0.717) is 22.2 Å². The Labute approximate surface area is 92.8 Å². The first-order chi connectivity index (χ1) is 6.56. The van der Waals surface area contributed by atoms with Crippen molar-refractivity contribution in [2.75, 3.05) is 0 Å². The molecule has 0 aliphatic carbocycles. The van der Waals surface area contributed by atoms with Crippen LogP contribution in [0.2, 0.25) is 10.0 Å². The van der Waals surface area contributed by atoms with Crippen LogP contribution >= 0.6 is 23.2 Å². The normalized spacial score (nSPS) is 10.0. The Morgan fingerprint density at radius 1 is 1.43 bits per heavy atom. The Balaban J connectivity index is 3.14. The van der Waals surface area contributed by atoms with E-state index in [1.165, 1.54) is 6.92 Å². The maximum atomic E-state index is 10.7. The molecule has 0 unspecified atom stereocenters. The summed E-state index contributed by atoms with van der Waals surface area (Å²) in [5.74, 6) is -0.0308. The Morgan fingerprint density at radius 3 is 2.57 bits per heavy atom. The van der Waals surface area contributed by atoms with Gasteiger partial charge in [-0.25, -0.2) is 0 Å². The number of hydrogen-bond acceptors (Lipinski definition) is 2. The fourth-order valence-electron chi connectivity index (χ4n) is 1.13. The molecular formula is C10H10Cl2O2. The van der Waals surface area contributed by atoms with Crippen LogP contribution in [0, 0.1) is 0 Å². The lowest BCUT2D eigenvalue weighted by molar-refractivity contribution is -0.131. The minimum atomic E-state index is -0.392. The van der Waals surface area contributed by atoms with Crippen LogP contribution in [0.25, 0.3) is 0 Å². The maximum absolute atomic E-state index is 10.7. The largest absolute Gasteiger partial charge is 0.425 e. The van der Waals surface area contributed by atoms with Crippen LogP contribution in [0.4, 0.5) is 0 Å². The SMILES string of the molecule is CCc1c(Cl)ccc(OC(C)=O)c1Cl. The smallest absolute Gasteiger partial charge is 0.308 e. The molecular weight excluding hydrogens is 223 g/mol. The number of rotatable bonds is 2. The van der Waals surface area contributed by atoms with E-state index in [1.807, 2.05) is 6.92 Å². The minimum Gasteiger partial charge on any atom is -0.425 e. The number of esters is 1. The van der Waals surface area contributed by atoms with Gasteiger partial charge in [0.15, 0.2) is 0 Å². The first-order valence-electron chi connectivity index (χ1n) is 4.21. The first kappa shape index (κ1) is 11.3. The molecule has 0 heterocycles. The van der Waals surface area contributed by atoms with Crippen molar-refractivity contribution in [1.82, 2.24) is 0 Å². The minimum absolute atomic E-state index is 0.361. The van der Waals surface area contributed by atoms with Crippen molar-refractivity contribution in [3.63, 3.8) is 0 Å². The van der Waals surface area contributed by atoms with Crippen molar-refractivity contribution in [3.05, 3.63) is 27.7 Å². The van der Waals surface area contributed by atoms with Gasteiger partial charge in [0, 0.05) is 11.9 Å². The molecule has 14 heavy (non-hydrogen) atoms. The summed E-state index contributed by atoms with van der Waals surface area (Å²) in [6.07, 6.45) is 0.701. The fourth-order valence-corrected chi connectivity index (χ4v) is 1.81. The lowest BCUT2D eigenvalue weighted by Gasteiger charge is -2.08. The van der Waals surface area contributed by atoms with Gasteiger partial charge in [-0.3, -0.25) is 4.79 Å². The molecule has 0 atom stereocenters. The maximum Gasteiger partial charge on any atom is 0.308 e. The van der Waals surface area contributed by atoms with Crippen LogP contribution < -0.4 is 4.74 Å². The Morgan fingerprint density at radius 2 is 2.07 bits per heavy atom. The van der Waals surface area contributed by atoms with Crippen molar-refractivity contribution < 1.29 is 9.53 Å². The molecule has 0 amide bonds. The number of ether oxygens (including phenoxy) is 1. The predicted octanol–water partition coefficient (Wildman–Crippen LogP) is 3.48. The molecule has 2 nitrogen and oxygen atoms in total. The molecule has 1 aromatic carbocycles. The molecule has 0 fully saturated rings. The van der Waals surface area contributed by atoms with E-state index >= 15 is 0 Å². The Hall–Kier alpha value is -0.730. The van der Waals surface area contributed by atoms with Crippen LogP contribution in [-0.4, -0.2) is 5.97 Å². The summed E-state index contributed by atoms with van der Waals surface area (Å²) in [7, 11) is 0.